The topological polar surface area (TPSA) is 90.2 Å². The Morgan fingerprint density at radius 1 is 1.53 bits per heavy atom. The molecule has 0 aliphatic heterocycles. The van der Waals surface area contributed by atoms with E-state index in [0.717, 1.165) is 19.3 Å². The van der Waals surface area contributed by atoms with Gasteiger partial charge >= 0.3 is 5.69 Å². The maximum atomic E-state index is 11.0. The van der Waals surface area contributed by atoms with Crippen molar-refractivity contribution >= 4 is 11.5 Å². The lowest BCUT2D eigenvalue weighted by Gasteiger charge is -2.39. The number of rotatable bonds is 4. The van der Waals surface area contributed by atoms with E-state index in [9.17, 15) is 10.1 Å². The highest BCUT2D eigenvalue weighted by Gasteiger charge is 2.35. The Hall–Kier alpha value is -1.92. The van der Waals surface area contributed by atoms with E-state index < -0.39 is 4.92 Å². The lowest BCUT2D eigenvalue weighted by atomic mass is 9.78. The van der Waals surface area contributed by atoms with E-state index in [4.69, 9.17) is 4.74 Å². The summed E-state index contributed by atoms with van der Waals surface area (Å²) >= 11 is 0. The molecular weight excluding hydrogens is 224 g/mol. The molecule has 7 nitrogen and oxygen atoms in total. The highest BCUT2D eigenvalue weighted by atomic mass is 16.6. The Morgan fingerprint density at radius 3 is 2.71 bits per heavy atom. The first kappa shape index (κ1) is 11.6. The van der Waals surface area contributed by atoms with Crippen LogP contribution in [0.15, 0.2) is 6.33 Å². The third-order valence-electron chi connectivity index (χ3n) is 3.04. The van der Waals surface area contributed by atoms with Crippen molar-refractivity contribution < 1.29 is 9.66 Å². The third-order valence-corrected chi connectivity index (χ3v) is 3.04. The molecule has 1 fully saturated rings. The number of nitro groups is 1. The first-order valence-corrected chi connectivity index (χ1v) is 5.37. The van der Waals surface area contributed by atoms with Crippen LogP contribution in [-0.2, 0) is 0 Å². The third kappa shape index (κ3) is 2.13. The molecule has 0 saturated heterocycles. The fourth-order valence-corrected chi connectivity index (χ4v) is 1.89. The second-order valence-corrected chi connectivity index (χ2v) is 4.38. The van der Waals surface area contributed by atoms with Crippen LogP contribution in [0.5, 0.6) is 5.88 Å². The molecular formula is C10H14N4O3. The zero-order valence-electron chi connectivity index (χ0n) is 9.77. The standard InChI is InChI=1S/C10H14N4O3/c1-10(4-3-5-10)13-8-7(14(15)16)9(17-2)12-6-11-8/h6H,3-5H2,1-2H3,(H,11,12,13). The molecule has 92 valence electrons. The number of nitrogens with zero attached hydrogens (tertiary/aromatic N) is 3. The molecule has 0 aromatic carbocycles. The lowest BCUT2D eigenvalue weighted by Crippen LogP contribution is -2.42. The molecule has 1 aromatic heterocycles. The predicted octanol–water partition coefficient (Wildman–Crippen LogP) is 1.75. The maximum absolute atomic E-state index is 11.0. The molecule has 2 rings (SSSR count). The van der Waals surface area contributed by atoms with Crippen molar-refractivity contribution in [1.29, 1.82) is 0 Å². The lowest BCUT2D eigenvalue weighted by molar-refractivity contribution is -0.385. The average molecular weight is 238 g/mol. The molecule has 1 aliphatic rings. The summed E-state index contributed by atoms with van der Waals surface area (Å²) in [7, 11) is 1.35. The number of hydrogen-bond donors (Lipinski definition) is 1. The first-order chi connectivity index (χ1) is 8.06. The second-order valence-electron chi connectivity index (χ2n) is 4.38. The average Bonchev–Trinajstić information content (AvgIpc) is 2.26. The highest BCUT2D eigenvalue weighted by Crippen LogP contribution is 2.38. The van der Waals surface area contributed by atoms with Gasteiger partial charge in [0.1, 0.15) is 6.33 Å². The van der Waals surface area contributed by atoms with Gasteiger partial charge in [0.2, 0.25) is 5.82 Å². The van der Waals surface area contributed by atoms with Crippen LogP contribution in [-0.4, -0.2) is 27.5 Å². The van der Waals surface area contributed by atoms with Gasteiger partial charge < -0.3 is 10.1 Å². The molecule has 0 amide bonds. The van der Waals surface area contributed by atoms with E-state index in [0.29, 0.717) is 0 Å². The SMILES string of the molecule is COc1ncnc(NC2(C)CCC2)c1[N+](=O)[O-]. The van der Waals surface area contributed by atoms with Crippen molar-refractivity contribution in [3.05, 3.63) is 16.4 Å². The van der Waals surface area contributed by atoms with E-state index in [-0.39, 0.29) is 22.9 Å². The van der Waals surface area contributed by atoms with Crippen LogP contribution in [0.25, 0.3) is 0 Å². The van der Waals surface area contributed by atoms with E-state index in [2.05, 4.69) is 15.3 Å². The largest absolute Gasteiger partial charge is 0.476 e. The molecule has 0 unspecified atom stereocenters. The Labute approximate surface area is 98.4 Å². The van der Waals surface area contributed by atoms with Gasteiger partial charge in [0.15, 0.2) is 0 Å². The first-order valence-electron chi connectivity index (χ1n) is 5.37. The quantitative estimate of drug-likeness (QED) is 0.634. The van der Waals surface area contributed by atoms with Crippen molar-refractivity contribution in [3.8, 4) is 5.88 Å². The number of methoxy groups -OCH3 is 1. The van der Waals surface area contributed by atoms with Gasteiger partial charge in [-0.3, -0.25) is 10.1 Å². The van der Waals surface area contributed by atoms with Crippen molar-refractivity contribution in [2.45, 2.75) is 31.7 Å². The number of anilines is 1. The van der Waals surface area contributed by atoms with Gasteiger partial charge in [-0.05, 0) is 26.2 Å². The monoisotopic (exact) mass is 238 g/mol. The summed E-state index contributed by atoms with van der Waals surface area (Å²) in [5.74, 6) is 0.208. The zero-order valence-corrected chi connectivity index (χ0v) is 9.77. The molecule has 1 saturated carbocycles. The summed E-state index contributed by atoms with van der Waals surface area (Å²) in [6.45, 7) is 2.02. The van der Waals surface area contributed by atoms with Crippen LogP contribution >= 0.6 is 0 Å². The van der Waals surface area contributed by atoms with Crippen LogP contribution in [0.1, 0.15) is 26.2 Å². The van der Waals surface area contributed by atoms with E-state index in [1.54, 1.807) is 0 Å². The minimum atomic E-state index is -0.525. The van der Waals surface area contributed by atoms with E-state index in [1.807, 2.05) is 6.92 Å². The second kappa shape index (κ2) is 4.15. The molecule has 1 heterocycles. The Balaban J connectivity index is 2.35. The number of ether oxygens (including phenoxy) is 1. The molecule has 1 N–H and O–H groups in total. The Kier molecular flexibility index (Phi) is 2.83. The molecule has 0 atom stereocenters. The van der Waals surface area contributed by atoms with Gasteiger partial charge in [-0.25, -0.2) is 4.98 Å². The minimum absolute atomic E-state index is 0.0181. The fourth-order valence-electron chi connectivity index (χ4n) is 1.89. The number of aromatic nitrogens is 2. The molecule has 1 aliphatic carbocycles. The number of hydrogen-bond acceptors (Lipinski definition) is 6. The van der Waals surface area contributed by atoms with Crippen LogP contribution in [0.3, 0.4) is 0 Å². The van der Waals surface area contributed by atoms with Crippen LogP contribution in [0.4, 0.5) is 11.5 Å². The summed E-state index contributed by atoms with van der Waals surface area (Å²) in [4.78, 5) is 18.1. The summed E-state index contributed by atoms with van der Waals surface area (Å²) in [6, 6.07) is 0. The van der Waals surface area contributed by atoms with Crippen LogP contribution < -0.4 is 10.1 Å². The van der Waals surface area contributed by atoms with Gasteiger partial charge in [0.25, 0.3) is 5.88 Å². The van der Waals surface area contributed by atoms with Gasteiger partial charge in [0.05, 0.1) is 12.0 Å². The Bertz CT molecular complexity index is 445. The van der Waals surface area contributed by atoms with Crippen molar-refractivity contribution in [2.24, 2.45) is 0 Å². The molecule has 7 heteroatoms. The van der Waals surface area contributed by atoms with Gasteiger partial charge in [0, 0.05) is 5.54 Å². The molecule has 1 aromatic rings. The summed E-state index contributed by atoms with van der Waals surface area (Å²) in [6.07, 6.45) is 4.35. The van der Waals surface area contributed by atoms with Crippen LogP contribution in [0.2, 0.25) is 0 Å². The molecule has 0 radical (unpaired) electrons. The number of nitrogens with one attached hydrogen (secondary N) is 1. The smallest absolute Gasteiger partial charge is 0.372 e. The molecule has 0 spiro atoms. The van der Waals surface area contributed by atoms with Gasteiger partial charge in [-0.2, -0.15) is 4.98 Å². The fraction of sp³-hybridized carbons (Fsp3) is 0.600. The van der Waals surface area contributed by atoms with Crippen molar-refractivity contribution in [1.82, 2.24) is 9.97 Å². The van der Waals surface area contributed by atoms with Crippen LogP contribution in [0, 0.1) is 10.1 Å². The maximum Gasteiger partial charge on any atom is 0.372 e. The van der Waals surface area contributed by atoms with Crippen molar-refractivity contribution in [2.75, 3.05) is 12.4 Å². The van der Waals surface area contributed by atoms with Gasteiger partial charge in [-0.1, -0.05) is 0 Å². The van der Waals surface area contributed by atoms with E-state index >= 15 is 0 Å². The molecule has 0 bridgehead atoms. The minimum Gasteiger partial charge on any atom is -0.476 e. The van der Waals surface area contributed by atoms with Crippen molar-refractivity contribution in [3.63, 3.8) is 0 Å². The summed E-state index contributed by atoms with van der Waals surface area (Å²) in [5.41, 5.74) is -0.312. The Morgan fingerprint density at radius 2 is 2.24 bits per heavy atom. The normalized spacial score (nSPS) is 17.1. The summed E-state index contributed by atoms with van der Waals surface area (Å²) in [5, 5.41) is 14.1. The van der Waals surface area contributed by atoms with E-state index in [1.165, 1.54) is 13.4 Å². The highest BCUT2D eigenvalue weighted by molar-refractivity contribution is 5.62. The molecule has 17 heavy (non-hydrogen) atoms. The summed E-state index contributed by atoms with van der Waals surface area (Å²) < 4.78 is 4.88. The predicted molar refractivity (Wildman–Crippen MR) is 61.1 cm³/mol. The zero-order chi connectivity index (χ0) is 12.5. The van der Waals surface area contributed by atoms with Gasteiger partial charge in [-0.15, -0.1) is 0 Å².